The molecule has 0 spiro atoms. The molecule has 152 valence electrons. The average Bonchev–Trinajstić information content (AvgIpc) is 3.03. The predicted molar refractivity (Wildman–Crippen MR) is 118 cm³/mol. The molecule has 0 amide bonds. The van der Waals surface area contributed by atoms with Gasteiger partial charge in [-0.3, -0.25) is 9.78 Å². The van der Waals surface area contributed by atoms with Crippen LogP contribution in [0, 0.1) is 19.3 Å². The number of Topliss-reactive ketones (excluding diaryl/α,β-unsaturated/α-hetero) is 1. The van der Waals surface area contributed by atoms with Crippen molar-refractivity contribution in [1.82, 2.24) is 14.8 Å². The number of pyridine rings is 1. The summed E-state index contributed by atoms with van der Waals surface area (Å²) < 4.78 is 1.97. The maximum atomic E-state index is 13.3. The number of aromatic nitrogens is 3. The SMILES string of the molecule is Cc1ccc(-n2nc(C)c3c2NC2=C(C(=O)CC(C)(C)C2)C3c2ccccn2)cc1. The Bertz CT molecular complexity index is 1170. The van der Waals surface area contributed by atoms with Crippen LogP contribution in [0.4, 0.5) is 5.82 Å². The standard InChI is InChI=1S/C25H26N4O/c1-15-8-10-17(11-9-15)29-24-21(16(2)28-29)23(18-7-5-6-12-26-18)22-19(27-24)13-25(3,4)14-20(22)30/h5-12,23,27H,13-14H2,1-4H3. The zero-order chi connectivity index (χ0) is 21.0. The van der Waals surface area contributed by atoms with Crippen LogP contribution in [0.5, 0.6) is 0 Å². The van der Waals surface area contributed by atoms with Crippen LogP contribution in [-0.4, -0.2) is 20.5 Å². The van der Waals surface area contributed by atoms with Crippen molar-refractivity contribution in [3.63, 3.8) is 0 Å². The van der Waals surface area contributed by atoms with Crippen LogP contribution in [-0.2, 0) is 4.79 Å². The Balaban J connectivity index is 1.75. The van der Waals surface area contributed by atoms with Crippen molar-refractivity contribution in [2.45, 2.75) is 46.5 Å². The number of allylic oxidation sites excluding steroid dienone is 2. The first-order valence-corrected chi connectivity index (χ1v) is 10.4. The zero-order valence-corrected chi connectivity index (χ0v) is 17.9. The first-order valence-electron chi connectivity index (χ1n) is 10.4. The quantitative estimate of drug-likeness (QED) is 0.654. The van der Waals surface area contributed by atoms with Crippen LogP contribution >= 0.6 is 0 Å². The summed E-state index contributed by atoms with van der Waals surface area (Å²) in [6.45, 7) is 8.41. The molecule has 1 unspecified atom stereocenters. The normalized spacial score (nSPS) is 19.9. The van der Waals surface area contributed by atoms with E-state index in [9.17, 15) is 4.79 Å². The Morgan fingerprint density at radius 3 is 2.53 bits per heavy atom. The van der Waals surface area contributed by atoms with Crippen molar-refractivity contribution in [3.8, 4) is 5.69 Å². The van der Waals surface area contributed by atoms with Gasteiger partial charge in [0, 0.05) is 29.5 Å². The molecule has 3 heterocycles. The van der Waals surface area contributed by atoms with E-state index in [0.29, 0.717) is 6.42 Å². The Morgan fingerprint density at radius 2 is 1.83 bits per heavy atom. The molecule has 2 aliphatic rings. The molecule has 5 heteroatoms. The van der Waals surface area contributed by atoms with Gasteiger partial charge in [0.1, 0.15) is 5.82 Å². The molecule has 30 heavy (non-hydrogen) atoms. The molecule has 1 atom stereocenters. The lowest BCUT2D eigenvalue weighted by Crippen LogP contribution is -2.34. The molecule has 5 rings (SSSR count). The van der Waals surface area contributed by atoms with Crippen LogP contribution < -0.4 is 5.32 Å². The summed E-state index contributed by atoms with van der Waals surface area (Å²) in [5.41, 5.74) is 6.85. The van der Waals surface area contributed by atoms with Crippen LogP contribution in [0.3, 0.4) is 0 Å². The number of rotatable bonds is 2. The van der Waals surface area contributed by atoms with E-state index < -0.39 is 0 Å². The van der Waals surface area contributed by atoms with Gasteiger partial charge in [-0.15, -0.1) is 0 Å². The predicted octanol–water partition coefficient (Wildman–Crippen LogP) is 5.08. The minimum absolute atomic E-state index is 0.0706. The smallest absolute Gasteiger partial charge is 0.162 e. The van der Waals surface area contributed by atoms with E-state index in [0.717, 1.165) is 46.1 Å². The summed E-state index contributed by atoms with van der Waals surface area (Å²) in [7, 11) is 0. The van der Waals surface area contributed by atoms with Crippen molar-refractivity contribution >= 4 is 11.6 Å². The van der Waals surface area contributed by atoms with Crippen LogP contribution in [0.25, 0.3) is 5.69 Å². The number of nitrogens with zero attached hydrogens (tertiary/aromatic N) is 3. The van der Waals surface area contributed by atoms with E-state index in [1.54, 1.807) is 6.20 Å². The molecule has 1 aliphatic heterocycles. The average molecular weight is 399 g/mol. The van der Waals surface area contributed by atoms with E-state index in [1.807, 2.05) is 29.8 Å². The maximum Gasteiger partial charge on any atom is 0.162 e. The molecule has 1 N–H and O–H groups in total. The van der Waals surface area contributed by atoms with Gasteiger partial charge in [0.2, 0.25) is 0 Å². The van der Waals surface area contributed by atoms with Crippen LogP contribution in [0.15, 0.2) is 59.9 Å². The molecule has 0 radical (unpaired) electrons. The van der Waals surface area contributed by atoms with Crippen molar-refractivity contribution in [2.24, 2.45) is 5.41 Å². The van der Waals surface area contributed by atoms with Gasteiger partial charge in [-0.25, -0.2) is 4.68 Å². The van der Waals surface area contributed by atoms with Crippen LogP contribution in [0.1, 0.15) is 55.1 Å². The lowest BCUT2D eigenvalue weighted by Gasteiger charge is -2.38. The molecule has 0 fully saturated rings. The second-order valence-electron chi connectivity index (χ2n) is 9.24. The van der Waals surface area contributed by atoms with Gasteiger partial charge in [-0.1, -0.05) is 37.6 Å². The lowest BCUT2D eigenvalue weighted by molar-refractivity contribution is -0.118. The molecular formula is C25H26N4O. The highest BCUT2D eigenvalue weighted by Gasteiger charge is 2.43. The Kier molecular flexibility index (Phi) is 4.17. The molecule has 1 aliphatic carbocycles. The van der Waals surface area contributed by atoms with Gasteiger partial charge in [0.15, 0.2) is 5.78 Å². The first-order chi connectivity index (χ1) is 14.3. The number of carbonyl (C=O) groups is 1. The number of fused-ring (bicyclic) bond motifs is 1. The summed E-state index contributed by atoms with van der Waals surface area (Å²) in [6, 6.07) is 14.3. The van der Waals surface area contributed by atoms with Gasteiger partial charge in [0.05, 0.1) is 23.0 Å². The molecule has 0 bridgehead atoms. The van der Waals surface area contributed by atoms with E-state index in [2.05, 4.69) is 55.3 Å². The third kappa shape index (κ3) is 2.96. The molecule has 0 saturated heterocycles. The van der Waals surface area contributed by atoms with Crippen LogP contribution in [0.2, 0.25) is 0 Å². The second-order valence-corrected chi connectivity index (χ2v) is 9.24. The van der Waals surface area contributed by atoms with Crippen molar-refractivity contribution in [3.05, 3.63) is 82.4 Å². The molecule has 0 saturated carbocycles. The van der Waals surface area contributed by atoms with Crippen molar-refractivity contribution < 1.29 is 4.79 Å². The number of nitrogens with one attached hydrogen (secondary N) is 1. The van der Waals surface area contributed by atoms with E-state index in [1.165, 1.54) is 5.56 Å². The molecule has 2 aromatic heterocycles. The highest BCUT2D eigenvalue weighted by Crippen LogP contribution is 2.49. The number of hydrogen-bond acceptors (Lipinski definition) is 4. The fourth-order valence-corrected chi connectivity index (χ4v) is 4.79. The molecule has 3 aromatic rings. The summed E-state index contributed by atoms with van der Waals surface area (Å²) >= 11 is 0. The fourth-order valence-electron chi connectivity index (χ4n) is 4.79. The van der Waals surface area contributed by atoms with E-state index in [-0.39, 0.29) is 17.1 Å². The number of ketones is 1. The first kappa shape index (κ1) is 18.8. The van der Waals surface area contributed by atoms with Gasteiger partial charge < -0.3 is 5.32 Å². The van der Waals surface area contributed by atoms with Crippen molar-refractivity contribution in [2.75, 3.05) is 5.32 Å². The molecular weight excluding hydrogens is 372 g/mol. The second kappa shape index (κ2) is 6.66. The Morgan fingerprint density at radius 1 is 1.07 bits per heavy atom. The van der Waals surface area contributed by atoms with E-state index >= 15 is 0 Å². The number of aryl methyl sites for hydroxylation is 2. The lowest BCUT2D eigenvalue weighted by atomic mass is 9.70. The number of benzene rings is 1. The molecule has 1 aromatic carbocycles. The number of anilines is 1. The number of hydrogen-bond donors (Lipinski definition) is 1. The maximum absolute atomic E-state index is 13.3. The van der Waals surface area contributed by atoms with E-state index in [4.69, 9.17) is 5.10 Å². The summed E-state index contributed by atoms with van der Waals surface area (Å²) in [5, 5.41) is 8.49. The van der Waals surface area contributed by atoms with Gasteiger partial charge in [-0.2, -0.15) is 5.10 Å². The monoisotopic (exact) mass is 398 g/mol. The topological polar surface area (TPSA) is 59.8 Å². The highest BCUT2D eigenvalue weighted by molar-refractivity contribution is 6.01. The van der Waals surface area contributed by atoms with Crippen molar-refractivity contribution in [1.29, 1.82) is 0 Å². The number of carbonyl (C=O) groups excluding carboxylic acids is 1. The third-order valence-corrected chi connectivity index (χ3v) is 6.14. The van der Waals surface area contributed by atoms with Gasteiger partial charge in [0.25, 0.3) is 0 Å². The fraction of sp³-hybridized carbons (Fsp3) is 0.320. The Hall–Kier alpha value is -3.21. The third-order valence-electron chi connectivity index (χ3n) is 6.14. The zero-order valence-electron chi connectivity index (χ0n) is 17.9. The highest BCUT2D eigenvalue weighted by atomic mass is 16.1. The largest absolute Gasteiger partial charge is 0.343 e. The van der Waals surface area contributed by atoms with Gasteiger partial charge >= 0.3 is 0 Å². The minimum Gasteiger partial charge on any atom is -0.343 e. The summed E-state index contributed by atoms with van der Waals surface area (Å²) in [4.78, 5) is 18.0. The molecule has 5 nitrogen and oxygen atoms in total. The summed E-state index contributed by atoms with van der Waals surface area (Å²) in [5.74, 6) is 0.953. The van der Waals surface area contributed by atoms with Gasteiger partial charge in [-0.05, 0) is 49.9 Å². The Labute approximate surface area is 176 Å². The summed E-state index contributed by atoms with van der Waals surface area (Å²) in [6.07, 6.45) is 3.18. The minimum atomic E-state index is -0.194.